The number of rotatable bonds is 4. The average molecular weight is 261 g/mol. The summed E-state index contributed by atoms with van der Waals surface area (Å²) in [6.45, 7) is 7.64. The quantitative estimate of drug-likeness (QED) is 0.905. The number of carboxylic acids is 1. The molecule has 0 saturated carbocycles. The van der Waals surface area contributed by atoms with Crippen LogP contribution in [0, 0.1) is 11.3 Å². The smallest absolute Gasteiger partial charge is 0.310 e. The van der Waals surface area contributed by atoms with E-state index < -0.39 is 11.4 Å². The zero-order chi connectivity index (χ0) is 14.0. The number of benzene rings is 1. The molecule has 0 aromatic heterocycles. The lowest BCUT2D eigenvalue weighted by atomic mass is 9.79. The number of aliphatic carboxylic acids is 1. The Bertz CT molecular complexity index is 445. The van der Waals surface area contributed by atoms with Crippen molar-refractivity contribution in [3.8, 4) is 0 Å². The Balaban J connectivity index is 2.18. The molecule has 1 aromatic carbocycles. The van der Waals surface area contributed by atoms with E-state index in [9.17, 15) is 9.90 Å². The van der Waals surface area contributed by atoms with Crippen LogP contribution < -0.4 is 0 Å². The van der Waals surface area contributed by atoms with Gasteiger partial charge in [0.1, 0.15) is 0 Å². The van der Waals surface area contributed by atoms with E-state index in [2.05, 4.69) is 30.9 Å². The molecule has 104 valence electrons. The van der Waals surface area contributed by atoms with Crippen LogP contribution in [0.5, 0.6) is 0 Å². The summed E-state index contributed by atoms with van der Waals surface area (Å²) in [4.78, 5) is 13.9. The topological polar surface area (TPSA) is 40.5 Å². The first kappa shape index (κ1) is 14.1. The van der Waals surface area contributed by atoms with Crippen LogP contribution in [0.25, 0.3) is 0 Å². The van der Waals surface area contributed by atoms with Crippen LogP contribution in [0.4, 0.5) is 0 Å². The van der Waals surface area contributed by atoms with Crippen molar-refractivity contribution >= 4 is 5.97 Å². The third-order valence-electron chi connectivity index (χ3n) is 4.70. The predicted octanol–water partition coefficient (Wildman–Crippen LogP) is 3.18. The molecule has 1 aliphatic heterocycles. The van der Waals surface area contributed by atoms with E-state index in [0.717, 1.165) is 13.0 Å². The van der Waals surface area contributed by atoms with Crippen molar-refractivity contribution in [2.75, 3.05) is 13.1 Å². The summed E-state index contributed by atoms with van der Waals surface area (Å²) >= 11 is 0. The lowest BCUT2D eigenvalue weighted by Crippen LogP contribution is -2.36. The van der Waals surface area contributed by atoms with E-state index in [1.165, 1.54) is 5.56 Å². The maximum atomic E-state index is 11.6. The lowest BCUT2D eigenvalue weighted by Gasteiger charge is -2.26. The second kappa shape index (κ2) is 5.33. The van der Waals surface area contributed by atoms with Crippen LogP contribution in [0.3, 0.4) is 0 Å². The standard InChI is InChI=1S/C16H23NO2/c1-4-14-10-17(11-16(14,3)15(18)19)12(2)13-8-6-5-7-9-13/h5-9,12,14H,4,10-11H2,1-3H3,(H,18,19)/t12?,14-,16-/m0/s1. The van der Waals surface area contributed by atoms with Crippen LogP contribution in [0.1, 0.15) is 38.8 Å². The number of nitrogens with zero attached hydrogens (tertiary/aromatic N) is 1. The van der Waals surface area contributed by atoms with Crippen molar-refractivity contribution in [3.05, 3.63) is 35.9 Å². The molecule has 0 bridgehead atoms. The van der Waals surface area contributed by atoms with Gasteiger partial charge in [-0.3, -0.25) is 9.69 Å². The normalized spacial score (nSPS) is 29.3. The van der Waals surface area contributed by atoms with Crippen molar-refractivity contribution in [2.45, 2.75) is 33.2 Å². The van der Waals surface area contributed by atoms with E-state index in [4.69, 9.17) is 0 Å². The number of carbonyl (C=O) groups is 1. The largest absolute Gasteiger partial charge is 0.481 e. The van der Waals surface area contributed by atoms with Gasteiger partial charge >= 0.3 is 5.97 Å². The third kappa shape index (κ3) is 2.52. The van der Waals surface area contributed by atoms with Gasteiger partial charge in [0.25, 0.3) is 0 Å². The summed E-state index contributed by atoms with van der Waals surface area (Å²) in [7, 11) is 0. The van der Waals surface area contributed by atoms with Crippen LogP contribution in [0.15, 0.2) is 30.3 Å². The molecule has 1 unspecified atom stereocenters. The van der Waals surface area contributed by atoms with Gasteiger partial charge in [-0.15, -0.1) is 0 Å². The Kier molecular flexibility index (Phi) is 3.95. The first-order valence-electron chi connectivity index (χ1n) is 7.01. The van der Waals surface area contributed by atoms with E-state index >= 15 is 0 Å². The van der Waals surface area contributed by atoms with E-state index in [1.807, 2.05) is 25.1 Å². The van der Waals surface area contributed by atoms with Crippen LogP contribution in [-0.2, 0) is 4.79 Å². The molecular weight excluding hydrogens is 238 g/mol. The second-order valence-corrected chi connectivity index (χ2v) is 5.84. The fourth-order valence-electron chi connectivity index (χ4n) is 3.16. The Labute approximate surface area is 115 Å². The molecular formula is C16H23NO2. The van der Waals surface area contributed by atoms with Crippen molar-refractivity contribution < 1.29 is 9.90 Å². The summed E-state index contributed by atoms with van der Waals surface area (Å²) in [6.07, 6.45) is 0.917. The monoisotopic (exact) mass is 261 g/mol. The zero-order valence-electron chi connectivity index (χ0n) is 12.0. The molecule has 1 aliphatic rings. The highest BCUT2D eigenvalue weighted by Crippen LogP contribution is 2.41. The zero-order valence-corrected chi connectivity index (χ0v) is 12.0. The fraction of sp³-hybridized carbons (Fsp3) is 0.562. The van der Waals surface area contributed by atoms with Gasteiger partial charge in [-0.2, -0.15) is 0 Å². The van der Waals surface area contributed by atoms with Gasteiger partial charge < -0.3 is 5.11 Å². The molecule has 3 nitrogen and oxygen atoms in total. The maximum Gasteiger partial charge on any atom is 0.310 e. The van der Waals surface area contributed by atoms with Crippen molar-refractivity contribution in [1.29, 1.82) is 0 Å². The Morgan fingerprint density at radius 2 is 2.11 bits per heavy atom. The highest BCUT2D eigenvalue weighted by molar-refractivity contribution is 5.75. The summed E-state index contributed by atoms with van der Waals surface area (Å²) in [5.74, 6) is -0.432. The number of hydrogen-bond acceptors (Lipinski definition) is 2. The first-order valence-corrected chi connectivity index (χ1v) is 7.01. The minimum Gasteiger partial charge on any atom is -0.481 e. The SMILES string of the molecule is CC[C@H]1CN(C(C)c2ccccc2)C[C@]1(C)C(=O)O. The summed E-state index contributed by atoms with van der Waals surface area (Å²) in [5, 5.41) is 9.52. The fourth-order valence-corrected chi connectivity index (χ4v) is 3.16. The molecule has 0 spiro atoms. The molecule has 2 rings (SSSR count). The number of carboxylic acid groups (broad SMARTS) is 1. The van der Waals surface area contributed by atoms with Crippen molar-refractivity contribution in [1.82, 2.24) is 4.90 Å². The highest BCUT2D eigenvalue weighted by Gasteiger charge is 2.48. The molecule has 1 saturated heterocycles. The number of likely N-dealkylation sites (tertiary alicyclic amines) is 1. The minimum absolute atomic E-state index is 0.233. The van der Waals surface area contributed by atoms with Crippen LogP contribution in [-0.4, -0.2) is 29.1 Å². The van der Waals surface area contributed by atoms with Gasteiger partial charge in [0.05, 0.1) is 5.41 Å². The van der Waals surface area contributed by atoms with Gasteiger partial charge in [-0.25, -0.2) is 0 Å². The highest BCUT2D eigenvalue weighted by atomic mass is 16.4. The summed E-state index contributed by atoms with van der Waals surface area (Å²) in [6, 6.07) is 10.6. The minimum atomic E-state index is -0.665. The molecule has 1 N–H and O–H groups in total. The molecule has 1 heterocycles. The molecule has 3 heteroatoms. The first-order chi connectivity index (χ1) is 8.99. The second-order valence-electron chi connectivity index (χ2n) is 5.84. The molecule has 1 fully saturated rings. The molecule has 19 heavy (non-hydrogen) atoms. The van der Waals surface area contributed by atoms with Gasteiger partial charge in [0, 0.05) is 19.1 Å². The molecule has 1 aromatic rings. The van der Waals surface area contributed by atoms with Gasteiger partial charge in [-0.1, -0.05) is 43.7 Å². The molecule has 0 aliphatic carbocycles. The van der Waals surface area contributed by atoms with Gasteiger partial charge in [-0.05, 0) is 25.3 Å². The Morgan fingerprint density at radius 3 is 2.58 bits per heavy atom. The van der Waals surface area contributed by atoms with Crippen LogP contribution >= 0.6 is 0 Å². The van der Waals surface area contributed by atoms with E-state index in [-0.39, 0.29) is 12.0 Å². The lowest BCUT2D eigenvalue weighted by molar-refractivity contribution is -0.149. The Morgan fingerprint density at radius 1 is 1.47 bits per heavy atom. The van der Waals surface area contributed by atoms with Gasteiger partial charge in [0.15, 0.2) is 0 Å². The van der Waals surface area contributed by atoms with Crippen molar-refractivity contribution in [2.24, 2.45) is 11.3 Å². The maximum absolute atomic E-state index is 11.6. The summed E-state index contributed by atoms with van der Waals surface area (Å²) in [5.41, 5.74) is 0.643. The van der Waals surface area contributed by atoms with Crippen molar-refractivity contribution in [3.63, 3.8) is 0 Å². The molecule has 3 atom stereocenters. The molecule has 0 radical (unpaired) electrons. The third-order valence-corrected chi connectivity index (χ3v) is 4.70. The van der Waals surface area contributed by atoms with E-state index in [1.54, 1.807) is 0 Å². The van der Waals surface area contributed by atoms with Crippen LogP contribution in [0.2, 0.25) is 0 Å². The Hall–Kier alpha value is -1.35. The predicted molar refractivity (Wildman–Crippen MR) is 76.0 cm³/mol. The summed E-state index contributed by atoms with van der Waals surface area (Å²) < 4.78 is 0. The number of hydrogen-bond donors (Lipinski definition) is 1. The van der Waals surface area contributed by atoms with E-state index in [0.29, 0.717) is 6.54 Å². The molecule has 0 amide bonds. The van der Waals surface area contributed by atoms with Gasteiger partial charge in [0.2, 0.25) is 0 Å². The average Bonchev–Trinajstić information content (AvgIpc) is 2.77.